The van der Waals surface area contributed by atoms with Gasteiger partial charge in [0.2, 0.25) is 0 Å². The fraction of sp³-hybridized carbons (Fsp3) is 0.278. The maximum absolute atomic E-state index is 11.1. The molecule has 2 aromatic carbocycles. The zero-order chi connectivity index (χ0) is 14.3. The lowest BCUT2D eigenvalue weighted by atomic mass is 9.89. The third-order valence-corrected chi connectivity index (χ3v) is 4.19. The molecule has 0 fully saturated rings. The van der Waals surface area contributed by atoms with E-state index in [0.29, 0.717) is 5.56 Å². The Hall–Kier alpha value is -2.09. The van der Waals surface area contributed by atoms with Gasteiger partial charge < -0.3 is 5.11 Å². The molecule has 0 heterocycles. The first-order valence-electron chi connectivity index (χ1n) is 7.03. The van der Waals surface area contributed by atoms with Crippen molar-refractivity contribution in [1.82, 2.24) is 0 Å². The topological polar surface area (TPSA) is 37.3 Å². The first kappa shape index (κ1) is 12.9. The SMILES string of the molecule is Cc1cc(C(=O)O)cc(C)c1-c1cccc2c1CCC2. The second-order valence-corrected chi connectivity index (χ2v) is 5.59. The van der Waals surface area contributed by atoms with Crippen molar-refractivity contribution in [3.63, 3.8) is 0 Å². The molecular weight excluding hydrogens is 248 g/mol. The predicted octanol–water partition coefficient (Wildman–Crippen LogP) is 4.16. The summed E-state index contributed by atoms with van der Waals surface area (Å²) in [6.45, 7) is 4.01. The first-order valence-corrected chi connectivity index (χ1v) is 7.03. The van der Waals surface area contributed by atoms with Gasteiger partial charge in [-0.25, -0.2) is 4.79 Å². The zero-order valence-corrected chi connectivity index (χ0v) is 11.9. The van der Waals surface area contributed by atoms with Crippen LogP contribution in [0.25, 0.3) is 11.1 Å². The van der Waals surface area contributed by atoms with Gasteiger partial charge in [-0.15, -0.1) is 0 Å². The Morgan fingerprint density at radius 3 is 2.45 bits per heavy atom. The molecule has 0 aromatic heterocycles. The smallest absolute Gasteiger partial charge is 0.335 e. The molecule has 0 unspecified atom stereocenters. The number of hydrogen-bond donors (Lipinski definition) is 1. The first-order chi connectivity index (χ1) is 9.58. The molecule has 1 aliphatic carbocycles. The molecule has 0 bridgehead atoms. The number of carboxylic acids is 1. The average Bonchev–Trinajstić information content (AvgIpc) is 2.86. The van der Waals surface area contributed by atoms with Crippen LogP contribution >= 0.6 is 0 Å². The van der Waals surface area contributed by atoms with Crippen molar-refractivity contribution >= 4 is 5.97 Å². The van der Waals surface area contributed by atoms with E-state index in [1.54, 1.807) is 12.1 Å². The molecule has 102 valence electrons. The van der Waals surface area contributed by atoms with E-state index in [2.05, 4.69) is 18.2 Å². The van der Waals surface area contributed by atoms with Gasteiger partial charge in [-0.05, 0) is 78.6 Å². The summed E-state index contributed by atoms with van der Waals surface area (Å²) in [5, 5.41) is 9.15. The van der Waals surface area contributed by atoms with E-state index < -0.39 is 5.97 Å². The summed E-state index contributed by atoms with van der Waals surface area (Å²) in [6.07, 6.45) is 3.51. The fourth-order valence-corrected chi connectivity index (χ4v) is 3.37. The molecule has 2 heteroatoms. The molecular formula is C18H18O2. The molecule has 0 amide bonds. The Kier molecular flexibility index (Phi) is 3.09. The van der Waals surface area contributed by atoms with Crippen LogP contribution in [0.3, 0.4) is 0 Å². The van der Waals surface area contributed by atoms with Crippen molar-refractivity contribution in [2.24, 2.45) is 0 Å². The van der Waals surface area contributed by atoms with Gasteiger partial charge in [-0.2, -0.15) is 0 Å². The Morgan fingerprint density at radius 1 is 1.10 bits per heavy atom. The maximum Gasteiger partial charge on any atom is 0.335 e. The fourth-order valence-electron chi connectivity index (χ4n) is 3.37. The number of benzene rings is 2. The molecule has 0 radical (unpaired) electrons. The second-order valence-electron chi connectivity index (χ2n) is 5.59. The predicted molar refractivity (Wildman–Crippen MR) is 80.3 cm³/mol. The van der Waals surface area contributed by atoms with E-state index in [1.165, 1.54) is 28.7 Å². The summed E-state index contributed by atoms with van der Waals surface area (Å²) in [5.41, 5.74) is 7.84. The Bertz CT molecular complexity index is 676. The van der Waals surface area contributed by atoms with Gasteiger partial charge in [0.1, 0.15) is 0 Å². The number of aryl methyl sites for hydroxylation is 3. The number of aromatic carboxylic acids is 1. The van der Waals surface area contributed by atoms with Crippen LogP contribution in [0, 0.1) is 13.8 Å². The summed E-state index contributed by atoms with van der Waals surface area (Å²) in [7, 11) is 0. The van der Waals surface area contributed by atoms with E-state index in [-0.39, 0.29) is 0 Å². The van der Waals surface area contributed by atoms with Crippen LogP contribution in [0.15, 0.2) is 30.3 Å². The Balaban J connectivity index is 2.21. The van der Waals surface area contributed by atoms with Gasteiger partial charge in [0, 0.05) is 0 Å². The molecule has 2 aromatic rings. The molecule has 0 atom stereocenters. The Labute approximate surface area is 119 Å². The van der Waals surface area contributed by atoms with Crippen molar-refractivity contribution in [3.05, 3.63) is 58.1 Å². The van der Waals surface area contributed by atoms with Crippen molar-refractivity contribution in [3.8, 4) is 11.1 Å². The molecule has 0 spiro atoms. The van der Waals surface area contributed by atoms with Crippen molar-refractivity contribution in [2.45, 2.75) is 33.1 Å². The average molecular weight is 266 g/mol. The monoisotopic (exact) mass is 266 g/mol. The molecule has 1 N–H and O–H groups in total. The molecule has 2 nitrogen and oxygen atoms in total. The zero-order valence-electron chi connectivity index (χ0n) is 11.9. The number of rotatable bonds is 2. The molecule has 1 aliphatic rings. The maximum atomic E-state index is 11.1. The highest BCUT2D eigenvalue weighted by atomic mass is 16.4. The van der Waals surface area contributed by atoms with Crippen LogP contribution in [0.1, 0.15) is 39.0 Å². The number of carboxylic acid groups (broad SMARTS) is 1. The normalized spacial score (nSPS) is 13.3. The standard InChI is InChI=1S/C18H18O2/c1-11-9-14(18(19)20)10-12(2)17(11)16-8-4-6-13-5-3-7-15(13)16/h4,6,8-10H,3,5,7H2,1-2H3,(H,19,20). The Morgan fingerprint density at radius 2 is 1.80 bits per heavy atom. The lowest BCUT2D eigenvalue weighted by Crippen LogP contribution is -2.01. The highest BCUT2D eigenvalue weighted by Crippen LogP contribution is 2.36. The molecule has 0 aliphatic heterocycles. The third kappa shape index (κ3) is 2.01. The number of hydrogen-bond acceptors (Lipinski definition) is 1. The number of fused-ring (bicyclic) bond motifs is 1. The van der Waals surface area contributed by atoms with E-state index in [9.17, 15) is 4.79 Å². The summed E-state index contributed by atoms with van der Waals surface area (Å²) < 4.78 is 0. The second kappa shape index (κ2) is 4.78. The summed E-state index contributed by atoms with van der Waals surface area (Å²) in [5.74, 6) is -0.860. The van der Waals surface area contributed by atoms with Gasteiger partial charge in [0.05, 0.1) is 5.56 Å². The minimum atomic E-state index is -0.860. The molecule has 0 saturated heterocycles. The van der Waals surface area contributed by atoms with E-state index in [4.69, 9.17) is 5.11 Å². The summed E-state index contributed by atoms with van der Waals surface area (Å²) >= 11 is 0. The van der Waals surface area contributed by atoms with Gasteiger partial charge in [0.15, 0.2) is 0 Å². The van der Waals surface area contributed by atoms with Crippen molar-refractivity contribution in [1.29, 1.82) is 0 Å². The van der Waals surface area contributed by atoms with Crippen LogP contribution in [-0.2, 0) is 12.8 Å². The van der Waals surface area contributed by atoms with Crippen LogP contribution in [0.4, 0.5) is 0 Å². The minimum absolute atomic E-state index is 0.372. The van der Waals surface area contributed by atoms with Crippen LogP contribution in [0.5, 0.6) is 0 Å². The van der Waals surface area contributed by atoms with Gasteiger partial charge in [0.25, 0.3) is 0 Å². The molecule has 20 heavy (non-hydrogen) atoms. The van der Waals surface area contributed by atoms with Crippen molar-refractivity contribution in [2.75, 3.05) is 0 Å². The lowest BCUT2D eigenvalue weighted by Gasteiger charge is -2.15. The van der Waals surface area contributed by atoms with Crippen molar-refractivity contribution < 1.29 is 9.90 Å². The minimum Gasteiger partial charge on any atom is -0.478 e. The van der Waals surface area contributed by atoms with Gasteiger partial charge in [-0.3, -0.25) is 0 Å². The third-order valence-electron chi connectivity index (χ3n) is 4.19. The van der Waals surface area contributed by atoms with Gasteiger partial charge >= 0.3 is 5.97 Å². The summed E-state index contributed by atoms with van der Waals surface area (Å²) in [4.78, 5) is 11.1. The largest absolute Gasteiger partial charge is 0.478 e. The highest BCUT2D eigenvalue weighted by Gasteiger charge is 2.18. The molecule has 0 saturated carbocycles. The van der Waals surface area contributed by atoms with E-state index in [0.717, 1.165) is 24.0 Å². The van der Waals surface area contributed by atoms with Crippen LogP contribution < -0.4 is 0 Å². The van der Waals surface area contributed by atoms with Crippen LogP contribution in [0.2, 0.25) is 0 Å². The quantitative estimate of drug-likeness (QED) is 0.886. The van der Waals surface area contributed by atoms with E-state index in [1.807, 2.05) is 13.8 Å². The number of carbonyl (C=O) groups is 1. The highest BCUT2D eigenvalue weighted by molar-refractivity contribution is 5.90. The van der Waals surface area contributed by atoms with Crippen LogP contribution in [-0.4, -0.2) is 11.1 Å². The van der Waals surface area contributed by atoms with Gasteiger partial charge in [-0.1, -0.05) is 18.2 Å². The summed E-state index contributed by atoms with van der Waals surface area (Å²) in [6, 6.07) is 10.0. The van der Waals surface area contributed by atoms with E-state index >= 15 is 0 Å². The lowest BCUT2D eigenvalue weighted by molar-refractivity contribution is 0.0696. The molecule has 3 rings (SSSR count).